The van der Waals surface area contributed by atoms with Crippen molar-refractivity contribution in [3.63, 3.8) is 0 Å². The topological polar surface area (TPSA) is 39.7 Å². The summed E-state index contributed by atoms with van der Waals surface area (Å²) in [7, 11) is 6.05. The molecule has 2 atom stereocenters. The van der Waals surface area contributed by atoms with Crippen LogP contribution in [-0.4, -0.2) is 44.6 Å². The average molecular weight is 304 g/mol. The van der Waals surface area contributed by atoms with Gasteiger partial charge in [0.05, 0.1) is 6.04 Å². The molecular weight excluding hydrogens is 272 g/mol. The maximum atomic E-state index is 4.30. The molecule has 0 amide bonds. The van der Waals surface area contributed by atoms with Gasteiger partial charge in [-0.05, 0) is 45.0 Å². The van der Waals surface area contributed by atoms with E-state index in [9.17, 15) is 0 Å². The lowest BCUT2D eigenvalue weighted by atomic mass is 10.0. The Labute approximate surface area is 136 Å². The second kappa shape index (κ2) is 9.46. The molecule has 0 saturated heterocycles. The lowest BCUT2D eigenvalue weighted by Gasteiger charge is -2.27. The van der Waals surface area contributed by atoms with Crippen LogP contribution in [0.25, 0.3) is 0 Å². The van der Waals surface area contributed by atoms with Crippen molar-refractivity contribution in [2.24, 2.45) is 4.99 Å². The van der Waals surface area contributed by atoms with E-state index in [1.807, 2.05) is 7.05 Å². The third-order valence-corrected chi connectivity index (χ3v) is 4.08. The minimum atomic E-state index is 0.321. The maximum absolute atomic E-state index is 4.30. The van der Waals surface area contributed by atoms with Gasteiger partial charge in [0.1, 0.15) is 0 Å². The highest BCUT2D eigenvalue weighted by atomic mass is 15.2. The van der Waals surface area contributed by atoms with Crippen LogP contribution in [0.4, 0.5) is 0 Å². The first-order valence-electron chi connectivity index (χ1n) is 8.24. The number of aliphatic imine (C=N–C) groups is 1. The number of nitrogens with one attached hydrogen (secondary N) is 2. The SMILES string of the molecule is CCc1ccc(C(CNC(=NC)NC(C)CC)N(C)C)cc1. The number of rotatable bonds is 7. The van der Waals surface area contributed by atoms with Crippen LogP contribution in [-0.2, 0) is 6.42 Å². The normalized spacial score (nSPS) is 14.8. The maximum Gasteiger partial charge on any atom is 0.191 e. The summed E-state index contributed by atoms with van der Waals surface area (Å²) in [5.41, 5.74) is 2.71. The van der Waals surface area contributed by atoms with Crippen molar-refractivity contribution in [3.8, 4) is 0 Å². The standard InChI is InChI=1S/C18H32N4/c1-7-14(3)21-18(19-4)20-13-17(22(5)6)16-11-9-15(8-2)10-12-16/h9-12,14,17H,7-8,13H2,1-6H3,(H2,19,20,21). The minimum Gasteiger partial charge on any atom is -0.354 e. The highest BCUT2D eigenvalue weighted by molar-refractivity contribution is 5.79. The van der Waals surface area contributed by atoms with Gasteiger partial charge in [-0.2, -0.15) is 0 Å². The quantitative estimate of drug-likeness (QED) is 0.601. The van der Waals surface area contributed by atoms with Crippen molar-refractivity contribution in [3.05, 3.63) is 35.4 Å². The molecule has 22 heavy (non-hydrogen) atoms. The molecule has 4 heteroatoms. The fourth-order valence-electron chi connectivity index (χ4n) is 2.30. The molecule has 0 heterocycles. The third kappa shape index (κ3) is 5.68. The van der Waals surface area contributed by atoms with Gasteiger partial charge in [-0.1, -0.05) is 38.1 Å². The van der Waals surface area contributed by atoms with Gasteiger partial charge in [-0.15, -0.1) is 0 Å². The number of benzene rings is 1. The van der Waals surface area contributed by atoms with Crippen LogP contribution in [0.3, 0.4) is 0 Å². The van der Waals surface area contributed by atoms with Crippen molar-refractivity contribution >= 4 is 5.96 Å². The summed E-state index contributed by atoms with van der Waals surface area (Å²) in [6.45, 7) is 7.35. The Hall–Kier alpha value is -1.55. The molecule has 1 aromatic rings. The number of hydrogen-bond donors (Lipinski definition) is 2. The first kappa shape index (κ1) is 18.5. The van der Waals surface area contributed by atoms with Gasteiger partial charge < -0.3 is 15.5 Å². The predicted octanol–water partition coefficient (Wildman–Crippen LogP) is 2.82. The molecule has 0 saturated carbocycles. The summed E-state index contributed by atoms with van der Waals surface area (Å²) in [6, 6.07) is 9.65. The Balaban J connectivity index is 2.71. The van der Waals surface area contributed by atoms with E-state index in [0.717, 1.165) is 25.3 Å². The van der Waals surface area contributed by atoms with Crippen molar-refractivity contribution in [1.82, 2.24) is 15.5 Å². The van der Waals surface area contributed by atoms with E-state index in [2.05, 4.69) is 79.7 Å². The lowest BCUT2D eigenvalue weighted by molar-refractivity contribution is 0.298. The molecule has 2 N–H and O–H groups in total. The van der Waals surface area contributed by atoms with Crippen LogP contribution in [0.15, 0.2) is 29.3 Å². The number of likely N-dealkylation sites (N-methyl/N-ethyl adjacent to an activating group) is 1. The molecule has 0 aromatic heterocycles. The number of hydrogen-bond acceptors (Lipinski definition) is 2. The van der Waals surface area contributed by atoms with Crippen LogP contribution >= 0.6 is 0 Å². The smallest absolute Gasteiger partial charge is 0.191 e. The molecule has 0 fully saturated rings. The first-order chi connectivity index (χ1) is 10.5. The van der Waals surface area contributed by atoms with Gasteiger partial charge in [-0.3, -0.25) is 4.99 Å². The zero-order valence-electron chi connectivity index (χ0n) is 15.0. The van der Waals surface area contributed by atoms with Crippen molar-refractivity contribution in [1.29, 1.82) is 0 Å². The highest BCUT2D eigenvalue weighted by Crippen LogP contribution is 2.18. The number of aryl methyl sites for hydroxylation is 1. The summed E-state index contributed by atoms with van der Waals surface area (Å²) < 4.78 is 0. The Morgan fingerprint density at radius 1 is 1.18 bits per heavy atom. The first-order valence-corrected chi connectivity index (χ1v) is 8.24. The van der Waals surface area contributed by atoms with E-state index in [4.69, 9.17) is 0 Å². The van der Waals surface area contributed by atoms with Crippen LogP contribution in [0, 0.1) is 0 Å². The van der Waals surface area contributed by atoms with Crippen LogP contribution < -0.4 is 10.6 Å². The number of nitrogens with zero attached hydrogens (tertiary/aromatic N) is 2. The second-order valence-corrected chi connectivity index (χ2v) is 5.98. The van der Waals surface area contributed by atoms with Crippen LogP contribution in [0.1, 0.15) is 44.4 Å². The van der Waals surface area contributed by atoms with E-state index < -0.39 is 0 Å². The summed E-state index contributed by atoms with van der Waals surface area (Å²) in [4.78, 5) is 6.54. The summed E-state index contributed by atoms with van der Waals surface area (Å²) in [5.74, 6) is 0.867. The fourth-order valence-corrected chi connectivity index (χ4v) is 2.30. The lowest BCUT2D eigenvalue weighted by Crippen LogP contribution is -2.44. The molecule has 2 unspecified atom stereocenters. The molecule has 0 aliphatic carbocycles. The monoisotopic (exact) mass is 304 g/mol. The summed E-state index contributed by atoms with van der Waals surface area (Å²) in [5, 5.41) is 6.84. The Morgan fingerprint density at radius 3 is 2.27 bits per heavy atom. The molecule has 0 spiro atoms. The molecule has 0 aliphatic heterocycles. The molecule has 0 bridgehead atoms. The number of guanidine groups is 1. The van der Waals surface area contributed by atoms with Crippen molar-refractivity contribution < 1.29 is 0 Å². The van der Waals surface area contributed by atoms with Gasteiger partial charge in [0.25, 0.3) is 0 Å². The largest absolute Gasteiger partial charge is 0.354 e. The molecule has 0 radical (unpaired) electrons. The third-order valence-electron chi connectivity index (χ3n) is 4.08. The summed E-state index contributed by atoms with van der Waals surface area (Å²) >= 11 is 0. The van der Waals surface area contributed by atoms with Gasteiger partial charge in [0.15, 0.2) is 5.96 Å². The minimum absolute atomic E-state index is 0.321. The zero-order chi connectivity index (χ0) is 16.5. The highest BCUT2D eigenvalue weighted by Gasteiger charge is 2.15. The van der Waals surface area contributed by atoms with Crippen LogP contribution in [0.2, 0.25) is 0 Å². The molecule has 0 aliphatic rings. The van der Waals surface area contributed by atoms with E-state index in [1.165, 1.54) is 11.1 Å². The van der Waals surface area contributed by atoms with E-state index in [0.29, 0.717) is 12.1 Å². The average Bonchev–Trinajstić information content (AvgIpc) is 2.53. The molecule has 124 valence electrons. The predicted molar refractivity (Wildman–Crippen MR) is 96.5 cm³/mol. The van der Waals surface area contributed by atoms with E-state index in [-0.39, 0.29) is 0 Å². The van der Waals surface area contributed by atoms with Crippen molar-refractivity contribution in [2.75, 3.05) is 27.7 Å². The Morgan fingerprint density at radius 2 is 1.82 bits per heavy atom. The molecular formula is C18H32N4. The summed E-state index contributed by atoms with van der Waals surface area (Å²) in [6.07, 6.45) is 2.16. The zero-order valence-corrected chi connectivity index (χ0v) is 15.0. The van der Waals surface area contributed by atoms with Gasteiger partial charge in [-0.25, -0.2) is 0 Å². The Kier molecular flexibility index (Phi) is 7.96. The van der Waals surface area contributed by atoms with E-state index >= 15 is 0 Å². The van der Waals surface area contributed by atoms with Gasteiger partial charge in [0.2, 0.25) is 0 Å². The van der Waals surface area contributed by atoms with Crippen molar-refractivity contribution in [2.45, 2.75) is 45.7 Å². The molecule has 4 nitrogen and oxygen atoms in total. The van der Waals surface area contributed by atoms with Gasteiger partial charge >= 0.3 is 0 Å². The molecule has 1 aromatic carbocycles. The van der Waals surface area contributed by atoms with Crippen LogP contribution in [0.5, 0.6) is 0 Å². The molecule has 1 rings (SSSR count). The van der Waals surface area contributed by atoms with E-state index in [1.54, 1.807) is 0 Å². The second-order valence-electron chi connectivity index (χ2n) is 5.98. The van der Waals surface area contributed by atoms with Gasteiger partial charge in [0, 0.05) is 19.6 Å². The Bertz CT molecular complexity index is 451. The fraction of sp³-hybridized carbons (Fsp3) is 0.611.